The third kappa shape index (κ3) is 8.81. The molecular weight excluding hydrogens is 893 g/mol. The van der Waals surface area contributed by atoms with E-state index in [2.05, 4.69) is 23.7 Å². The lowest BCUT2D eigenvalue weighted by molar-refractivity contribution is -0.384. The predicted molar refractivity (Wildman–Crippen MR) is 257 cm³/mol. The third-order valence-corrected chi connectivity index (χ3v) is 13.8. The summed E-state index contributed by atoms with van der Waals surface area (Å²) in [6.07, 6.45) is 3.91. The van der Waals surface area contributed by atoms with Gasteiger partial charge in [0.25, 0.3) is 5.69 Å². The number of esters is 1. The number of benzene rings is 5. The minimum Gasteiger partial charge on any atom is -0.491 e. The molecule has 1 saturated carbocycles. The number of nitro groups is 1. The van der Waals surface area contributed by atoms with E-state index in [1.807, 2.05) is 65.6 Å². The predicted octanol–water partition coefficient (Wildman–Crippen LogP) is 7.71. The number of rotatable bonds is 12. The Bertz CT molecular complexity index is 2860. The van der Waals surface area contributed by atoms with Gasteiger partial charge in [0.2, 0.25) is 11.8 Å². The molecular formula is C55H52N4O11. The van der Waals surface area contributed by atoms with Crippen molar-refractivity contribution in [3.8, 4) is 17.6 Å². The number of nitro benzene ring substituents is 1. The van der Waals surface area contributed by atoms with Crippen molar-refractivity contribution in [3.63, 3.8) is 0 Å². The van der Waals surface area contributed by atoms with E-state index in [1.165, 1.54) is 30.3 Å². The summed E-state index contributed by atoms with van der Waals surface area (Å²) in [4.78, 5) is 75.6. The molecule has 3 fully saturated rings. The van der Waals surface area contributed by atoms with Gasteiger partial charge in [0.15, 0.2) is 0 Å². The Morgan fingerprint density at radius 1 is 0.871 bits per heavy atom. The Morgan fingerprint density at radius 2 is 1.56 bits per heavy atom. The van der Waals surface area contributed by atoms with Crippen molar-refractivity contribution < 1.29 is 48.5 Å². The smallest absolute Gasteiger partial charge is 0.421 e. The van der Waals surface area contributed by atoms with Gasteiger partial charge in [-0.25, -0.2) is 9.69 Å². The van der Waals surface area contributed by atoms with Crippen LogP contribution < -0.4 is 15.0 Å². The second kappa shape index (κ2) is 20.1. The quantitative estimate of drug-likeness (QED) is 0.0276. The first-order valence-electron chi connectivity index (χ1n) is 23.4. The molecule has 0 bridgehead atoms. The number of ether oxygens (including phenoxy) is 3. The van der Waals surface area contributed by atoms with Gasteiger partial charge in [0.1, 0.15) is 42.1 Å². The summed E-state index contributed by atoms with van der Waals surface area (Å²) in [6, 6.07) is 32.2. The van der Waals surface area contributed by atoms with Crippen LogP contribution in [-0.2, 0) is 35.9 Å². The van der Waals surface area contributed by atoms with Crippen molar-refractivity contribution in [1.29, 1.82) is 0 Å². The second-order valence-corrected chi connectivity index (χ2v) is 18.0. The molecule has 2 saturated heterocycles. The minimum atomic E-state index is -2.14. The number of hydrogen-bond acceptors (Lipinski definition) is 12. The zero-order valence-electron chi connectivity index (χ0n) is 38.3. The largest absolute Gasteiger partial charge is 0.491 e. The average Bonchev–Trinajstić information content (AvgIpc) is 3.72. The van der Waals surface area contributed by atoms with E-state index >= 15 is 14.4 Å². The Balaban J connectivity index is 1.31. The first-order valence-corrected chi connectivity index (χ1v) is 23.4. The van der Waals surface area contributed by atoms with E-state index in [-0.39, 0.29) is 43.3 Å². The molecule has 70 heavy (non-hydrogen) atoms. The topological polar surface area (TPSA) is 198 Å². The van der Waals surface area contributed by atoms with Gasteiger partial charge in [-0.15, -0.1) is 6.58 Å². The minimum absolute atomic E-state index is 0.0385. The zero-order valence-corrected chi connectivity index (χ0v) is 38.3. The maximum absolute atomic E-state index is 16.5. The van der Waals surface area contributed by atoms with Crippen molar-refractivity contribution >= 4 is 35.3 Å². The molecule has 6 atom stereocenters. The normalized spacial score (nSPS) is 23.5. The number of imide groups is 1. The number of morpholine rings is 1. The molecule has 15 nitrogen and oxygen atoms in total. The Morgan fingerprint density at radius 3 is 2.23 bits per heavy atom. The van der Waals surface area contributed by atoms with E-state index in [1.54, 1.807) is 42.5 Å². The summed E-state index contributed by atoms with van der Waals surface area (Å²) in [7, 11) is 0. The van der Waals surface area contributed by atoms with Gasteiger partial charge >= 0.3 is 12.1 Å². The summed E-state index contributed by atoms with van der Waals surface area (Å²) in [5.74, 6) is 2.68. The molecule has 9 rings (SSSR count). The molecule has 3 heterocycles. The van der Waals surface area contributed by atoms with E-state index in [4.69, 9.17) is 14.2 Å². The van der Waals surface area contributed by atoms with Crippen LogP contribution in [0.1, 0.15) is 90.1 Å². The average molecular weight is 945 g/mol. The van der Waals surface area contributed by atoms with Crippen molar-refractivity contribution in [3.05, 3.63) is 184 Å². The van der Waals surface area contributed by atoms with Crippen molar-refractivity contribution in [2.45, 2.75) is 80.4 Å². The van der Waals surface area contributed by atoms with Crippen molar-refractivity contribution in [1.82, 2.24) is 10.2 Å². The van der Waals surface area contributed by atoms with Crippen LogP contribution in [0.3, 0.4) is 0 Å². The zero-order chi connectivity index (χ0) is 49.0. The first kappa shape index (κ1) is 47.4. The van der Waals surface area contributed by atoms with Gasteiger partial charge in [-0.2, -0.15) is 0 Å². The second-order valence-electron chi connectivity index (χ2n) is 18.0. The van der Waals surface area contributed by atoms with Crippen LogP contribution in [0.5, 0.6) is 5.75 Å². The number of hydrogen-bond donors (Lipinski definition) is 3. The highest BCUT2D eigenvalue weighted by Gasteiger charge is 2.75. The number of anilines is 1. The summed E-state index contributed by atoms with van der Waals surface area (Å²) >= 11 is 0. The maximum Gasteiger partial charge on any atom is 0.421 e. The monoisotopic (exact) mass is 944 g/mol. The van der Waals surface area contributed by atoms with Crippen LogP contribution in [0.2, 0.25) is 0 Å². The standard InChI is InChI=1S/C55H52N4O11/c1-2-30-56-50(61)45-47-51(62)70-48(39-16-9-6-10-17-39)46(38-14-7-5-8-15-38)58(47)49(40-18-13-19-42(34-40)68-32-31-60)55(45)43-33-36(26-29-54(65)27-11-3-4-12-28-54)22-25-44(43)57(52(55)63)53(64)69-35-37-20-23-41(24-21-37)59(66)67/h2,5-10,13-25,33-34,45-49,60,65H,1,3-4,11-12,27-28,30-32,35H2,(H,56,61)/t45-,46-,47-,48+,49+,55-/m1/s1. The molecule has 15 heteroatoms. The number of aliphatic hydroxyl groups is 2. The number of cyclic esters (lactones) is 1. The number of carbonyl (C=O) groups is 4. The number of nitrogens with zero attached hydrogens (tertiary/aromatic N) is 3. The molecule has 5 aromatic carbocycles. The molecule has 358 valence electrons. The van der Waals surface area contributed by atoms with E-state index in [0.717, 1.165) is 30.6 Å². The molecule has 0 unspecified atom stereocenters. The van der Waals surface area contributed by atoms with Gasteiger partial charge < -0.3 is 29.7 Å². The lowest BCUT2D eigenvalue weighted by Crippen LogP contribution is -2.55. The number of non-ortho nitro benzene ring substituents is 1. The van der Waals surface area contributed by atoms with E-state index < -0.39 is 70.0 Å². The molecule has 1 spiro atoms. The Hall–Kier alpha value is -7.64. The molecule has 4 aliphatic rings. The van der Waals surface area contributed by atoms with E-state index in [9.17, 15) is 25.1 Å². The Kier molecular flexibility index (Phi) is 13.6. The van der Waals surface area contributed by atoms with Gasteiger partial charge in [-0.05, 0) is 96.0 Å². The van der Waals surface area contributed by atoms with Crippen molar-refractivity contribution in [2.24, 2.45) is 5.92 Å². The Labute approximate surface area is 404 Å². The lowest BCUT2D eigenvalue weighted by atomic mass is 9.65. The highest BCUT2D eigenvalue weighted by molar-refractivity contribution is 6.23. The van der Waals surface area contributed by atoms with Gasteiger partial charge in [0.05, 0.1) is 35.2 Å². The van der Waals surface area contributed by atoms with Crippen LogP contribution in [-0.4, -0.2) is 75.3 Å². The van der Waals surface area contributed by atoms with Gasteiger partial charge in [-0.1, -0.05) is 104 Å². The fourth-order valence-electron chi connectivity index (χ4n) is 10.7. The summed E-state index contributed by atoms with van der Waals surface area (Å²) < 4.78 is 18.4. The SMILES string of the molecule is C=CCNC(=O)[C@H]1[C@@H]2C(=O)O[C@@H](c3ccccc3)[C@@H](c3ccccc3)N2[C@@H](c2cccc(OCCO)c2)[C@]12C(=O)N(C(=O)OCc1ccc([N+](=O)[O-])cc1)c1ccc(C#CC3(O)CCCCCC3)cc12. The van der Waals surface area contributed by atoms with Gasteiger partial charge in [0, 0.05) is 24.2 Å². The van der Waals surface area contributed by atoms with Crippen LogP contribution in [0, 0.1) is 27.9 Å². The van der Waals surface area contributed by atoms with E-state index in [0.29, 0.717) is 46.4 Å². The van der Waals surface area contributed by atoms with Crippen LogP contribution in [0.4, 0.5) is 16.2 Å². The third-order valence-electron chi connectivity index (χ3n) is 13.8. The first-order chi connectivity index (χ1) is 34.0. The number of aliphatic hydroxyl groups excluding tert-OH is 1. The molecule has 0 aromatic heterocycles. The molecule has 3 N–H and O–H groups in total. The van der Waals surface area contributed by atoms with Crippen LogP contribution in [0.15, 0.2) is 140 Å². The molecule has 1 aliphatic carbocycles. The highest BCUT2D eigenvalue weighted by atomic mass is 16.6. The van der Waals surface area contributed by atoms with Gasteiger partial charge in [-0.3, -0.25) is 29.4 Å². The fraction of sp³-hybridized carbons (Fsp3) is 0.309. The summed E-state index contributed by atoms with van der Waals surface area (Å²) in [6.45, 7) is 3.04. The summed E-state index contributed by atoms with van der Waals surface area (Å²) in [5.41, 5.74) is -0.733. The fourth-order valence-corrected chi connectivity index (χ4v) is 10.7. The molecule has 0 radical (unpaired) electrons. The number of nitrogens with one attached hydrogen (secondary N) is 1. The van der Waals surface area contributed by atoms with Crippen molar-refractivity contribution in [2.75, 3.05) is 24.7 Å². The van der Waals surface area contributed by atoms with Crippen LogP contribution >= 0.6 is 0 Å². The molecule has 5 aromatic rings. The molecule has 3 aliphatic heterocycles. The number of carbonyl (C=O) groups excluding carboxylic acids is 4. The van der Waals surface area contributed by atoms with Crippen LogP contribution in [0.25, 0.3) is 0 Å². The maximum atomic E-state index is 16.5. The summed E-state index contributed by atoms with van der Waals surface area (Å²) in [5, 5.41) is 35.8. The molecule has 3 amide bonds. The number of fused-ring (bicyclic) bond motifs is 3. The lowest BCUT2D eigenvalue weighted by Gasteiger charge is -2.46. The number of amides is 3. The highest BCUT2D eigenvalue weighted by Crippen LogP contribution is 2.66.